The Kier molecular flexibility index (Phi) is 4.02. The van der Waals surface area contributed by atoms with E-state index in [9.17, 15) is 8.78 Å². The van der Waals surface area contributed by atoms with Crippen LogP contribution in [0, 0.1) is 11.6 Å². The second-order valence-corrected chi connectivity index (χ2v) is 4.47. The maximum absolute atomic E-state index is 13.7. The summed E-state index contributed by atoms with van der Waals surface area (Å²) < 4.78 is 32.1. The van der Waals surface area contributed by atoms with Gasteiger partial charge >= 0.3 is 0 Å². The van der Waals surface area contributed by atoms with Gasteiger partial charge in [-0.05, 0) is 35.9 Å². The minimum Gasteiger partial charge on any atom is -0.494 e. The number of halogens is 3. The van der Waals surface area contributed by atoms with Crippen LogP contribution in [0.2, 0.25) is 5.02 Å². The molecule has 0 amide bonds. The number of hydrogen-bond donors (Lipinski definition) is 1. The zero-order chi connectivity index (χ0) is 14.0. The summed E-state index contributed by atoms with van der Waals surface area (Å²) in [5.41, 5.74) is 6.60. The Labute approximate surface area is 114 Å². The molecule has 0 heterocycles. The number of ether oxygens (including phenoxy) is 1. The molecule has 100 valence electrons. The van der Waals surface area contributed by atoms with Crippen molar-refractivity contribution < 1.29 is 13.5 Å². The van der Waals surface area contributed by atoms with Crippen molar-refractivity contribution in [3.05, 3.63) is 64.2 Å². The summed E-state index contributed by atoms with van der Waals surface area (Å²) >= 11 is 5.81. The molecule has 0 spiro atoms. The van der Waals surface area contributed by atoms with Gasteiger partial charge < -0.3 is 10.5 Å². The molecule has 0 bridgehead atoms. The summed E-state index contributed by atoms with van der Waals surface area (Å²) in [6, 6.07) is 7.58. The van der Waals surface area contributed by atoms with Crippen LogP contribution in [0.1, 0.15) is 17.2 Å². The average Bonchev–Trinajstić information content (AvgIpc) is 2.40. The van der Waals surface area contributed by atoms with Gasteiger partial charge in [-0.1, -0.05) is 17.7 Å². The molecule has 0 aliphatic carbocycles. The summed E-state index contributed by atoms with van der Waals surface area (Å²) in [6.45, 7) is 0. The van der Waals surface area contributed by atoms with Crippen LogP contribution in [0.15, 0.2) is 36.4 Å². The van der Waals surface area contributed by atoms with Gasteiger partial charge in [0.15, 0.2) is 11.6 Å². The van der Waals surface area contributed by atoms with Gasteiger partial charge in [0.25, 0.3) is 0 Å². The molecule has 0 fully saturated rings. The van der Waals surface area contributed by atoms with Crippen molar-refractivity contribution in [2.24, 2.45) is 5.73 Å². The van der Waals surface area contributed by atoms with Crippen LogP contribution in [0.25, 0.3) is 0 Å². The third kappa shape index (κ3) is 2.85. The first-order valence-electron chi connectivity index (χ1n) is 5.57. The standard InChI is InChI=1S/C14H12ClF2NO/c1-19-13-5-2-8(6-12(13)17)14(18)10-7-9(15)3-4-11(10)16/h2-7,14H,18H2,1H3. The topological polar surface area (TPSA) is 35.2 Å². The molecule has 1 unspecified atom stereocenters. The van der Waals surface area contributed by atoms with Gasteiger partial charge in [-0.15, -0.1) is 0 Å². The van der Waals surface area contributed by atoms with E-state index in [2.05, 4.69) is 0 Å². The van der Waals surface area contributed by atoms with Crippen molar-refractivity contribution in [1.82, 2.24) is 0 Å². The van der Waals surface area contributed by atoms with Gasteiger partial charge in [0, 0.05) is 10.6 Å². The normalized spacial score (nSPS) is 12.3. The predicted molar refractivity (Wildman–Crippen MR) is 70.4 cm³/mol. The van der Waals surface area contributed by atoms with Crippen molar-refractivity contribution in [2.45, 2.75) is 6.04 Å². The molecule has 2 N–H and O–H groups in total. The lowest BCUT2D eigenvalue weighted by atomic mass is 9.99. The molecule has 0 saturated heterocycles. The third-order valence-electron chi connectivity index (χ3n) is 2.83. The van der Waals surface area contributed by atoms with Gasteiger partial charge in [0.05, 0.1) is 13.2 Å². The van der Waals surface area contributed by atoms with Crippen LogP contribution in [0.4, 0.5) is 8.78 Å². The first kappa shape index (κ1) is 13.8. The summed E-state index contributed by atoms with van der Waals surface area (Å²) in [6.07, 6.45) is 0. The van der Waals surface area contributed by atoms with Crippen LogP contribution in [0.3, 0.4) is 0 Å². The lowest BCUT2D eigenvalue weighted by Crippen LogP contribution is -2.14. The third-order valence-corrected chi connectivity index (χ3v) is 3.06. The van der Waals surface area contributed by atoms with E-state index in [0.29, 0.717) is 10.6 Å². The summed E-state index contributed by atoms with van der Waals surface area (Å²) in [5, 5.41) is 0.376. The Hall–Kier alpha value is -1.65. The van der Waals surface area contributed by atoms with E-state index in [1.165, 1.54) is 37.4 Å². The van der Waals surface area contributed by atoms with E-state index in [0.717, 1.165) is 0 Å². The first-order valence-corrected chi connectivity index (χ1v) is 5.94. The predicted octanol–water partition coefficient (Wildman–Crippen LogP) is 3.67. The Bertz CT molecular complexity index is 604. The highest BCUT2D eigenvalue weighted by Gasteiger charge is 2.16. The Morgan fingerprint density at radius 1 is 1.11 bits per heavy atom. The molecular weight excluding hydrogens is 272 g/mol. The quantitative estimate of drug-likeness (QED) is 0.933. The van der Waals surface area contributed by atoms with Crippen molar-refractivity contribution in [1.29, 1.82) is 0 Å². The second kappa shape index (κ2) is 5.55. The number of hydrogen-bond acceptors (Lipinski definition) is 2. The van der Waals surface area contributed by atoms with Crippen molar-refractivity contribution in [3.8, 4) is 5.75 Å². The van der Waals surface area contributed by atoms with Crippen LogP contribution in [-0.2, 0) is 0 Å². The Balaban J connectivity index is 2.41. The zero-order valence-corrected chi connectivity index (χ0v) is 10.9. The van der Waals surface area contributed by atoms with E-state index in [1.54, 1.807) is 6.07 Å². The SMILES string of the molecule is COc1ccc(C(N)c2cc(Cl)ccc2F)cc1F. The smallest absolute Gasteiger partial charge is 0.165 e. The fourth-order valence-electron chi connectivity index (χ4n) is 1.81. The van der Waals surface area contributed by atoms with E-state index < -0.39 is 17.7 Å². The molecule has 0 saturated carbocycles. The highest BCUT2D eigenvalue weighted by Crippen LogP contribution is 2.27. The molecule has 2 aromatic rings. The number of nitrogens with two attached hydrogens (primary N) is 1. The molecule has 2 rings (SSSR count). The average molecular weight is 284 g/mol. The Morgan fingerprint density at radius 2 is 1.84 bits per heavy atom. The van der Waals surface area contributed by atoms with E-state index >= 15 is 0 Å². The molecular formula is C14H12ClF2NO. The lowest BCUT2D eigenvalue weighted by molar-refractivity contribution is 0.386. The minimum absolute atomic E-state index is 0.113. The van der Waals surface area contributed by atoms with Gasteiger partial charge in [-0.3, -0.25) is 0 Å². The fraction of sp³-hybridized carbons (Fsp3) is 0.143. The van der Waals surface area contributed by atoms with Crippen LogP contribution in [-0.4, -0.2) is 7.11 Å². The number of rotatable bonds is 3. The minimum atomic E-state index is -0.792. The van der Waals surface area contributed by atoms with Gasteiger partial charge in [0.2, 0.25) is 0 Å². The van der Waals surface area contributed by atoms with Gasteiger partial charge in [0.1, 0.15) is 5.82 Å². The maximum atomic E-state index is 13.7. The molecule has 2 nitrogen and oxygen atoms in total. The van der Waals surface area contributed by atoms with Crippen LogP contribution in [0.5, 0.6) is 5.75 Å². The molecule has 19 heavy (non-hydrogen) atoms. The van der Waals surface area contributed by atoms with E-state index in [-0.39, 0.29) is 11.3 Å². The van der Waals surface area contributed by atoms with E-state index in [1.807, 2.05) is 0 Å². The highest BCUT2D eigenvalue weighted by molar-refractivity contribution is 6.30. The lowest BCUT2D eigenvalue weighted by Gasteiger charge is -2.14. The summed E-state index contributed by atoms with van der Waals surface area (Å²) in [5.74, 6) is -0.909. The van der Waals surface area contributed by atoms with Crippen LogP contribution < -0.4 is 10.5 Å². The monoisotopic (exact) mass is 283 g/mol. The molecule has 1 atom stereocenters. The molecule has 0 aliphatic heterocycles. The summed E-state index contributed by atoms with van der Waals surface area (Å²) in [4.78, 5) is 0. The summed E-state index contributed by atoms with van der Waals surface area (Å²) in [7, 11) is 1.37. The molecule has 0 aliphatic rings. The largest absolute Gasteiger partial charge is 0.494 e. The van der Waals surface area contributed by atoms with Gasteiger partial charge in [-0.2, -0.15) is 0 Å². The van der Waals surface area contributed by atoms with Gasteiger partial charge in [-0.25, -0.2) is 8.78 Å². The highest BCUT2D eigenvalue weighted by atomic mass is 35.5. The second-order valence-electron chi connectivity index (χ2n) is 4.04. The Morgan fingerprint density at radius 3 is 2.47 bits per heavy atom. The maximum Gasteiger partial charge on any atom is 0.165 e. The van der Waals surface area contributed by atoms with Crippen LogP contribution >= 0.6 is 11.6 Å². The van der Waals surface area contributed by atoms with Crippen molar-refractivity contribution in [2.75, 3.05) is 7.11 Å². The molecule has 0 aromatic heterocycles. The van der Waals surface area contributed by atoms with Crippen molar-refractivity contribution in [3.63, 3.8) is 0 Å². The fourth-order valence-corrected chi connectivity index (χ4v) is 1.99. The molecule has 0 radical (unpaired) electrons. The first-order chi connectivity index (χ1) is 9.02. The molecule has 2 aromatic carbocycles. The number of methoxy groups -OCH3 is 1. The van der Waals surface area contributed by atoms with Crippen molar-refractivity contribution >= 4 is 11.6 Å². The number of benzene rings is 2. The molecule has 5 heteroatoms. The van der Waals surface area contributed by atoms with E-state index in [4.69, 9.17) is 22.1 Å². The zero-order valence-electron chi connectivity index (χ0n) is 10.2.